The summed E-state index contributed by atoms with van der Waals surface area (Å²) in [7, 11) is 0. The molecule has 2 heteroatoms. The van der Waals surface area contributed by atoms with Gasteiger partial charge in [-0.05, 0) is 24.0 Å². The Hall–Kier alpha value is -2.09. The lowest BCUT2D eigenvalue weighted by Crippen LogP contribution is -2.26. The minimum Gasteiger partial charge on any atom is -0.362 e. The number of hydrogen-bond acceptors (Lipinski definition) is 1. The molecule has 2 aromatic rings. The van der Waals surface area contributed by atoms with Crippen LogP contribution in [0.3, 0.4) is 0 Å². The summed E-state index contributed by atoms with van der Waals surface area (Å²) < 4.78 is 0. The van der Waals surface area contributed by atoms with E-state index in [-0.39, 0.29) is 0 Å². The number of nitrogens with zero attached hydrogens (tertiary/aromatic N) is 1. The minimum absolute atomic E-state index is 0.903. The zero-order valence-corrected chi connectivity index (χ0v) is 11.1. The molecular formula is C17H20N2. The Labute approximate surface area is 115 Å². The number of benzene rings is 2. The molecule has 0 bridgehead atoms. The van der Waals surface area contributed by atoms with Crippen LogP contribution in [0.15, 0.2) is 60.7 Å². The van der Waals surface area contributed by atoms with Crippen molar-refractivity contribution >= 4 is 6.34 Å². The third-order valence-corrected chi connectivity index (χ3v) is 3.24. The molecule has 2 nitrogen and oxygen atoms in total. The highest BCUT2D eigenvalue weighted by Gasteiger charge is 2.01. The molecule has 0 aromatic heterocycles. The first-order chi connectivity index (χ1) is 9.38. The van der Waals surface area contributed by atoms with Gasteiger partial charge in [-0.15, -0.1) is 0 Å². The lowest BCUT2D eigenvalue weighted by atomic mass is 10.1. The van der Waals surface area contributed by atoms with Crippen molar-refractivity contribution in [1.29, 1.82) is 5.41 Å². The normalized spacial score (nSPS) is 10.1. The molecule has 1 N–H and O–H groups in total. The van der Waals surface area contributed by atoms with Crippen molar-refractivity contribution in [2.45, 2.75) is 12.8 Å². The van der Waals surface area contributed by atoms with Crippen LogP contribution in [0.2, 0.25) is 0 Å². The van der Waals surface area contributed by atoms with Crippen molar-refractivity contribution in [3.63, 3.8) is 0 Å². The van der Waals surface area contributed by atoms with Gasteiger partial charge in [0.15, 0.2) is 0 Å². The van der Waals surface area contributed by atoms with Gasteiger partial charge in [-0.25, -0.2) is 0 Å². The van der Waals surface area contributed by atoms with E-state index in [2.05, 4.69) is 53.4 Å². The lowest BCUT2D eigenvalue weighted by Gasteiger charge is -2.18. The quantitative estimate of drug-likeness (QED) is 0.593. The van der Waals surface area contributed by atoms with E-state index in [0.717, 1.165) is 25.9 Å². The van der Waals surface area contributed by atoms with Crippen molar-refractivity contribution < 1.29 is 0 Å². The monoisotopic (exact) mass is 252 g/mol. The molecule has 0 amide bonds. The first-order valence-corrected chi connectivity index (χ1v) is 6.71. The van der Waals surface area contributed by atoms with Crippen LogP contribution in [0, 0.1) is 5.41 Å². The Morgan fingerprint density at radius 2 is 1.16 bits per heavy atom. The first-order valence-electron chi connectivity index (χ1n) is 6.71. The van der Waals surface area contributed by atoms with Crippen molar-refractivity contribution in [3.05, 3.63) is 71.8 Å². The van der Waals surface area contributed by atoms with Crippen LogP contribution in [0.5, 0.6) is 0 Å². The maximum atomic E-state index is 7.49. The van der Waals surface area contributed by atoms with Crippen LogP contribution in [-0.4, -0.2) is 24.3 Å². The van der Waals surface area contributed by atoms with Gasteiger partial charge < -0.3 is 4.90 Å². The molecule has 0 aliphatic heterocycles. The van der Waals surface area contributed by atoms with Crippen molar-refractivity contribution in [3.8, 4) is 0 Å². The lowest BCUT2D eigenvalue weighted by molar-refractivity contribution is 0.436. The van der Waals surface area contributed by atoms with Gasteiger partial charge in [0, 0.05) is 13.1 Å². The average molecular weight is 252 g/mol. The second-order valence-corrected chi connectivity index (χ2v) is 4.64. The molecule has 0 atom stereocenters. The summed E-state index contributed by atoms with van der Waals surface area (Å²) in [6, 6.07) is 20.9. The van der Waals surface area contributed by atoms with E-state index in [1.54, 1.807) is 0 Å². The fraction of sp³-hybridized carbons (Fsp3) is 0.235. The minimum atomic E-state index is 0.903. The Kier molecular flexibility index (Phi) is 5.17. The zero-order chi connectivity index (χ0) is 13.3. The molecule has 0 spiro atoms. The number of rotatable bonds is 7. The highest BCUT2D eigenvalue weighted by Crippen LogP contribution is 2.03. The maximum Gasteiger partial charge on any atom is 0.0817 e. The molecule has 2 rings (SSSR count). The summed E-state index contributed by atoms with van der Waals surface area (Å²) in [5, 5.41) is 7.49. The maximum absolute atomic E-state index is 7.49. The van der Waals surface area contributed by atoms with Gasteiger partial charge in [-0.3, -0.25) is 5.41 Å². The second-order valence-electron chi connectivity index (χ2n) is 4.64. The molecule has 0 unspecified atom stereocenters. The average Bonchev–Trinajstić information content (AvgIpc) is 2.49. The fourth-order valence-corrected chi connectivity index (χ4v) is 2.08. The fourth-order valence-electron chi connectivity index (χ4n) is 2.08. The Balaban J connectivity index is 1.79. The third-order valence-electron chi connectivity index (χ3n) is 3.24. The van der Waals surface area contributed by atoms with Crippen LogP contribution in [0.1, 0.15) is 11.1 Å². The van der Waals surface area contributed by atoms with Crippen molar-refractivity contribution in [2.24, 2.45) is 0 Å². The van der Waals surface area contributed by atoms with Gasteiger partial charge in [0.2, 0.25) is 0 Å². The molecule has 19 heavy (non-hydrogen) atoms. The summed E-state index contributed by atoms with van der Waals surface area (Å²) >= 11 is 0. The summed E-state index contributed by atoms with van der Waals surface area (Å²) in [6.07, 6.45) is 3.43. The predicted octanol–water partition coefficient (Wildman–Crippen LogP) is 3.38. The van der Waals surface area contributed by atoms with E-state index in [4.69, 9.17) is 5.41 Å². The van der Waals surface area contributed by atoms with E-state index < -0.39 is 0 Å². The van der Waals surface area contributed by atoms with Gasteiger partial charge in [-0.1, -0.05) is 60.7 Å². The van der Waals surface area contributed by atoms with Crippen LogP contribution in [0.25, 0.3) is 0 Å². The van der Waals surface area contributed by atoms with Crippen LogP contribution >= 0.6 is 0 Å². The molecule has 0 heterocycles. The SMILES string of the molecule is N=CN(CCc1ccccc1)CCc1ccccc1. The largest absolute Gasteiger partial charge is 0.362 e. The molecule has 0 fully saturated rings. The van der Waals surface area contributed by atoms with E-state index in [9.17, 15) is 0 Å². The van der Waals surface area contributed by atoms with Gasteiger partial charge in [-0.2, -0.15) is 0 Å². The summed E-state index contributed by atoms with van der Waals surface area (Å²) in [5.74, 6) is 0. The first kappa shape index (κ1) is 13.3. The Bertz CT molecular complexity index is 436. The van der Waals surface area contributed by atoms with Crippen LogP contribution < -0.4 is 0 Å². The molecule has 0 aliphatic carbocycles. The van der Waals surface area contributed by atoms with Gasteiger partial charge in [0.05, 0.1) is 6.34 Å². The van der Waals surface area contributed by atoms with Gasteiger partial charge in [0.1, 0.15) is 0 Å². The zero-order valence-electron chi connectivity index (χ0n) is 11.1. The summed E-state index contributed by atoms with van der Waals surface area (Å²) in [4.78, 5) is 2.07. The number of nitrogens with one attached hydrogen (secondary N) is 1. The molecule has 2 aromatic carbocycles. The topological polar surface area (TPSA) is 27.1 Å². The van der Waals surface area contributed by atoms with Gasteiger partial charge in [0.25, 0.3) is 0 Å². The highest BCUT2D eigenvalue weighted by atomic mass is 15.1. The Morgan fingerprint density at radius 1 is 0.737 bits per heavy atom. The smallest absolute Gasteiger partial charge is 0.0817 e. The summed E-state index contributed by atoms with van der Waals surface area (Å²) in [5.41, 5.74) is 2.66. The van der Waals surface area contributed by atoms with Gasteiger partial charge >= 0.3 is 0 Å². The summed E-state index contributed by atoms with van der Waals surface area (Å²) in [6.45, 7) is 1.81. The molecule has 0 radical (unpaired) electrons. The van der Waals surface area contributed by atoms with Crippen LogP contribution in [0.4, 0.5) is 0 Å². The van der Waals surface area contributed by atoms with E-state index in [1.165, 1.54) is 17.5 Å². The van der Waals surface area contributed by atoms with E-state index >= 15 is 0 Å². The van der Waals surface area contributed by atoms with Crippen LogP contribution in [-0.2, 0) is 12.8 Å². The second kappa shape index (κ2) is 7.37. The number of hydrogen-bond donors (Lipinski definition) is 1. The van der Waals surface area contributed by atoms with Crippen molar-refractivity contribution in [2.75, 3.05) is 13.1 Å². The molecule has 98 valence electrons. The highest BCUT2D eigenvalue weighted by molar-refractivity contribution is 5.50. The predicted molar refractivity (Wildman–Crippen MR) is 80.6 cm³/mol. The molecule has 0 aliphatic rings. The third kappa shape index (κ3) is 4.59. The van der Waals surface area contributed by atoms with Crippen molar-refractivity contribution in [1.82, 2.24) is 4.90 Å². The standard InChI is InChI=1S/C17H20N2/c18-15-19(13-11-16-7-3-1-4-8-16)14-12-17-9-5-2-6-10-17/h1-10,15,18H,11-14H2. The molecule has 0 saturated carbocycles. The Morgan fingerprint density at radius 3 is 1.53 bits per heavy atom. The van der Waals surface area contributed by atoms with E-state index in [1.807, 2.05) is 12.1 Å². The molecular weight excluding hydrogens is 232 g/mol. The van der Waals surface area contributed by atoms with E-state index in [0.29, 0.717) is 0 Å². The molecule has 0 saturated heterocycles.